The van der Waals surface area contributed by atoms with Crippen LogP contribution in [0.1, 0.15) is 33.3 Å². The number of carbonyl (C=O) groups is 1. The van der Waals surface area contributed by atoms with E-state index in [1.54, 1.807) is 0 Å². The van der Waals surface area contributed by atoms with Crippen molar-refractivity contribution in [2.24, 2.45) is 0 Å². The van der Waals surface area contributed by atoms with Gasteiger partial charge in [0.05, 0.1) is 0 Å². The van der Waals surface area contributed by atoms with Gasteiger partial charge in [-0.25, -0.2) is 0 Å². The van der Waals surface area contributed by atoms with Crippen molar-refractivity contribution in [1.29, 1.82) is 0 Å². The molecule has 0 aromatic heterocycles. The van der Waals surface area contributed by atoms with Gasteiger partial charge in [-0.2, -0.15) is 0 Å². The van der Waals surface area contributed by atoms with E-state index >= 15 is 0 Å². The highest BCUT2D eigenvalue weighted by Crippen LogP contribution is 2.23. The highest BCUT2D eigenvalue weighted by molar-refractivity contribution is 5.93. The lowest BCUT2D eigenvalue weighted by Gasteiger charge is -2.19. The summed E-state index contributed by atoms with van der Waals surface area (Å²) < 4.78 is 0. The molecule has 2 N–H and O–H groups in total. The normalized spacial score (nSPS) is 13.3. The molecule has 1 amide bonds. The van der Waals surface area contributed by atoms with Crippen LogP contribution in [0.2, 0.25) is 0 Å². The number of rotatable bonds is 2. The topological polar surface area (TPSA) is 49.3 Å². The number of amides is 1. The zero-order valence-corrected chi connectivity index (χ0v) is 10.2. The van der Waals surface area contributed by atoms with Crippen LogP contribution < -0.4 is 5.32 Å². The average Bonchev–Trinajstić information content (AvgIpc) is 2.17. The second kappa shape index (κ2) is 4.66. The number of hydrogen-bond donors (Lipinski definition) is 2. The zero-order valence-electron chi connectivity index (χ0n) is 10.2. The molecule has 1 aromatic carbocycles. The lowest BCUT2D eigenvalue weighted by atomic mass is 9.87. The van der Waals surface area contributed by atoms with Crippen LogP contribution in [0.15, 0.2) is 24.3 Å². The Bertz CT molecular complexity index is 361. The fourth-order valence-corrected chi connectivity index (χ4v) is 1.30. The SMILES string of the molecule is CC(O)C(=O)Nc1ccc(C(C)(C)C)cc1. The molecule has 16 heavy (non-hydrogen) atoms. The van der Waals surface area contributed by atoms with E-state index in [0.29, 0.717) is 5.69 Å². The van der Waals surface area contributed by atoms with Gasteiger partial charge >= 0.3 is 0 Å². The van der Waals surface area contributed by atoms with Gasteiger partial charge in [0.15, 0.2) is 0 Å². The molecule has 1 aromatic rings. The number of anilines is 1. The smallest absolute Gasteiger partial charge is 0.252 e. The Hall–Kier alpha value is -1.35. The molecule has 3 nitrogen and oxygen atoms in total. The van der Waals surface area contributed by atoms with Crippen molar-refractivity contribution in [1.82, 2.24) is 0 Å². The Kier molecular flexibility index (Phi) is 3.70. The quantitative estimate of drug-likeness (QED) is 0.805. The monoisotopic (exact) mass is 221 g/mol. The van der Waals surface area contributed by atoms with Crippen molar-refractivity contribution in [3.8, 4) is 0 Å². The number of carbonyl (C=O) groups excluding carboxylic acids is 1. The first-order valence-corrected chi connectivity index (χ1v) is 5.40. The van der Waals surface area contributed by atoms with Gasteiger partial charge in [0.25, 0.3) is 5.91 Å². The molecule has 1 rings (SSSR count). The summed E-state index contributed by atoms with van der Waals surface area (Å²) in [5.41, 5.74) is 2.02. The van der Waals surface area contributed by atoms with E-state index in [1.165, 1.54) is 12.5 Å². The van der Waals surface area contributed by atoms with Crippen molar-refractivity contribution in [2.75, 3.05) is 5.32 Å². The minimum absolute atomic E-state index is 0.104. The lowest BCUT2D eigenvalue weighted by molar-refractivity contribution is -0.123. The van der Waals surface area contributed by atoms with Gasteiger partial charge < -0.3 is 10.4 Å². The molecular weight excluding hydrogens is 202 g/mol. The summed E-state index contributed by atoms with van der Waals surface area (Å²) >= 11 is 0. The van der Waals surface area contributed by atoms with Gasteiger partial charge in [0.1, 0.15) is 6.10 Å². The van der Waals surface area contributed by atoms with E-state index in [4.69, 9.17) is 5.11 Å². The predicted octanol–water partition coefficient (Wildman–Crippen LogP) is 2.30. The largest absolute Gasteiger partial charge is 0.384 e. The molecule has 0 aliphatic carbocycles. The second-order valence-electron chi connectivity index (χ2n) is 4.99. The Labute approximate surface area is 96.5 Å². The first kappa shape index (κ1) is 12.7. The minimum atomic E-state index is -0.984. The molecule has 0 saturated carbocycles. The van der Waals surface area contributed by atoms with Crippen LogP contribution in [0.25, 0.3) is 0 Å². The molecule has 0 radical (unpaired) electrons. The number of benzene rings is 1. The average molecular weight is 221 g/mol. The van der Waals surface area contributed by atoms with Gasteiger partial charge in [-0.15, -0.1) is 0 Å². The number of aliphatic hydroxyl groups is 1. The van der Waals surface area contributed by atoms with Crippen LogP contribution in [0.5, 0.6) is 0 Å². The fourth-order valence-electron chi connectivity index (χ4n) is 1.30. The molecule has 0 aliphatic rings. The highest BCUT2D eigenvalue weighted by atomic mass is 16.3. The Morgan fingerprint density at radius 1 is 1.25 bits per heavy atom. The molecule has 0 fully saturated rings. The minimum Gasteiger partial charge on any atom is -0.384 e. The van der Waals surface area contributed by atoms with Crippen LogP contribution in [-0.2, 0) is 10.2 Å². The molecule has 1 unspecified atom stereocenters. The molecule has 0 saturated heterocycles. The van der Waals surface area contributed by atoms with Crippen LogP contribution in [0.4, 0.5) is 5.69 Å². The van der Waals surface area contributed by atoms with E-state index in [9.17, 15) is 4.79 Å². The predicted molar refractivity (Wildman–Crippen MR) is 65.5 cm³/mol. The number of nitrogens with one attached hydrogen (secondary N) is 1. The summed E-state index contributed by atoms with van der Waals surface area (Å²) in [6, 6.07) is 7.66. The summed E-state index contributed by atoms with van der Waals surface area (Å²) in [7, 11) is 0. The molecule has 3 heteroatoms. The standard InChI is InChI=1S/C13H19NO2/c1-9(15)12(16)14-11-7-5-10(6-8-11)13(2,3)4/h5-9,15H,1-4H3,(H,14,16). The Morgan fingerprint density at radius 3 is 2.12 bits per heavy atom. The van der Waals surface area contributed by atoms with E-state index in [-0.39, 0.29) is 11.3 Å². The van der Waals surface area contributed by atoms with Crippen molar-refractivity contribution in [3.05, 3.63) is 29.8 Å². The maximum Gasteiger partial charge on any atom is 0.252 e. The summed E-state index contributed by atoms with van der Waals surface area (Å²) in [6.07, 6.45) is -0.984. The maximum absolute atomic E-state index is 11.2. The lowest BCUT2D eigenvalue weighted by Crippen LogP contribution is -2.24. The second-order valence-corrected chi connectivity index (χ2v) is 4.99. The van der Waals surface area contributed by atoms with E-state index in [1.807, 2.05) is 24.3 Å². The van der Waals surface area contributed by atoms with Crippen molar-refractivity contribution in [3.63, 3.8) is 0 Å². The van der Waals surface area contributed by atoms with Gasteiger partial charge in [0, 0.05) is 5.69 Å². The van der Waals surface area contributed by atoms with E-state index in [2.05, 4.69) is 26.1 Å². The van der Waals surface area contributed by atoms with Crippen LogP contribution in [0, 0.1) is 0 Å². The number of aliphatic hydroxyl groups excluding tert-OH is 1. The molecule has 0 spiro atoms. The number of hydrogen-bond acceptors (Lipinski definition) is 2. The van der Waals surface area contributed by atoms with Gasteiger partial charge in [-0.1, -0.05) is 32.9 Å². The summed E-state index contributed by atoms with van der Waals surface area (Å²) in [4.78, 5) is 11.2. The van der Waals surface area contributed by atoms with Crippen LogP contribution >= 0.6 is 0 Å². The maximum atomic E-state index is 11.2. The third-order valence-electron chi connectivity index (χ3n) is 2.40. The van der Waals surface area contributed by atoms with Gasteiger partial charge in [-0.05, 0) is 30.0 Å². The zero-order chi connectivity index (χ0) is 12.3. The fraction of sp³-hybridized carbons (Fsp3) is 0.462. The molecular formula is C13H19NO2. The first-order valence-electron chi connectivity index (χ1n) is 5.40. The summed E-state index contributed by atoms with van der Waals surface area (Å²) in [6.45, 7) is 7.85. The van der Waals surface area contributed by atoms with E-state index < -0.39 is 6.10 Å². The molecule has 1 atom stereocenters. The first-order chi connectivity index (χ1) is 7.30. The van der Waals surface area contributed by atoms with Gasteiger partial charge in [0.2, 0.25) is 0 Å². The molecule has 88 valence electrons. The van der Waals surface area contributed by atoms with Crippen LogP contribution in [0.3, 0.4) is 0 Å². The van der Waals surface area contributed by atoms with Crippen molar-refractivity contribution in [2.45, 2.75) is 39.2 Å². The Balaban J connectivity index is 2.76. The Morgan fingerprint density at radius 2 is 1.75 bits per heavy atom. The molecule has 0 aliphatic heterocycles. The van der Waals surface area contributed by atoms with Gasteiger partial charge in [-0.3, -0.25) is 4.79 Å². The van der Waals surface area contributed by atoms with Crippen molar-refractivity contribution >= 4 is 11.6 Å². The highest BCUT2D eigenvalue weighted by Gasteiger charge is 2.13. The summed E-state index contributed by atoms with van der Waals surface area (Å²) in [5.74, 6) is -0.386. The van der Waals surface area contributed by atoms with E-state index in [0.717, 1.165) is 0 Å². The molecule has 0 bridgehead atoms. The third-order valence-corrected chi connectivity index (χ3v) is 2.40. The van der Waals surface area contributed by atoms with Crippen LogP contribution in [-0.4, -0.2) is 17.1 Å². The third kappa shape index (κ3) is 3.35. The molecule has 0 heterocycles. The summed E-state index contributed by atoms with van der Waals surface area (Å²) in [5, 5.41) is 11.7. The van der Waals surface area contributed by atoms with Crippen molar-refractivity contribution < 1.29 is 9.90 Å².